The Morgan fingerprint density at radius 2 is 2.19 bits per heavy atom. The van der Waals surface area contributed by atoms with Crippen LogP contribution in [0.3, 0.4) is 0 Å². The Kier molecular flexibility index (Phi) is 2.99. The number of benzene rings is 1. The second-order valence-electron chi connectivity index (χ2n) is 4.16. The largest absolute Gasteiger partial charge is 0.213 e. The van der Waals surface area contributed by atoms with Crippen molar-refractivity contribution in [2.75, 3.05) is 19.3 Å². The van der Waals surface area contributed by atoms with Crippen molar-refractivity contribution in [2.24, 2.45) is 0 Å². The zero-order valence-electron chi connectivity index (χ0n) is 9.06. The molecule has 0 bridgehead atoms. The van der Waals surface area contributed by atoms with Crippen molar-refractivity contribution in [3.05, 3.63) is 35.6 Å². The fraction of sp³-hybridized carbons (Fsp3) is 0.455. The van der Waals surface area contributed by atoms with Crippen LogP contribution in [0.15, 0.2) is 24.3 Å². The molecule has 0 radical (unpaired) electrons. The maximum absolute atomic E-state index is 13.0. The molecule has 1 fully saturated rings. The van der Waals surface area contributed by atoms with Gasteiger partial charge in [-0.25, -0.2) is 17.1 Å². The molecule has 2 rings (SSSR count). The van der Waals surface area contributed by atoms with Crippen LogP contribution in [0, 0.1) is 5.82 Å². The van der Waals surface area contributed by atoms with Gasteiger partial charge in [0.15, 0.2) is 0 Å². The van der Waals surface area contributed by atoms with E-state index in [1.165, 1.54) is 22.7 Å². The minimum atomic E-state index is -3.11. The van der Waals surface area contributed by atoms with E-state index < -0.39 is 10.0 Å². The molecule has 3 nitrogen and oxygen atoms in total. The third-order valence-electron chi connectivity index (χ3n) is 2.94. The van der Waals surface area contributed by atoms with Gasteiger partial charge >= 0.3 is 0 Å². The van der Waals surface area contributed by atoms with Gasteiger partial charge in [0, 0.05) is 13.1 Å². The van der Waals surface area contributed by atoms with Gasteiger partial charge < -0.3 is 0 Å². The lowest BCUT2D eigenvalue weighted by Gasteiger charge is -2.13. The Morgan fingerprint density at radius 3 is 2.75 bits per heavy atom. The summed E-state index contributed by atoms with van der Waals surface area (Å²) in [4.78, 5) is 0. The predicted molar refractivity (Wildman–Crippen MR) is 60.2 cm³/mol. The lowest BCUT2D eigenvalue weighted by molar-refractivity contribution is 0.478. The highest BCUT2D eigenvalue weighted by molar-refractivity contribution is 7.88. The molecule has 88 valence electrons. The molecule has 1 saturated heterocycles. The average molecular weight is 243 g/mol. The average Bonchev–Trinajstić information content (AvgIpc) is 2.65. The van der Waals surface area contributed by atoms with E-state index in [1.54, 1.807) is 6.07 Å². The summed E-state index contributed by atoms with van der Waals surface area (Å²) in [6.45, 7) is 0.988. The summed E-state index contributed by atoms with van der Waals surface area (Å²) in [6.07, 6.45) is 1.97. The molecule has 5 heteroatoms. The zero-order valence-corrected chi connectivity index (χ0v) is 9.87. The fourth-order valence-corrected chi connectivity index (χ4v) is 2.95. The van der Waals surface area contributed by atoms with E-state index in [0.29, 0.717) is 13.1 Å². The molecule has 1 aliphatic rings. The summed E-state index contributed by atoms with van der Waals surface area (Å²) in [5.41, 5.74) is 0.881. The molecule has 0 spiro atoms. The molecular weight excluding hydrogens is 229 g/mol. The van der Waals surface area contributed by atoms with E-state index in [1.807, 2.05) is 6.07 Å². The molecule has 0 aliphatic carbocycles. The summed E-state index contributed by atoms with van der Waals surface area (Å²) >= 11 is 0. The van der Waals surface area contributed by atoms with E-state index in [4.69, 9.17) is 0 Å². The molecule has 0 amide bonds. The topological polar surface area (TPSA) is 37.4 Å². The molecule has 1 aromatic rings. The zero-order chi connectivity index (χ0) is 11.8. The SMILES string of the molecule is CS(=O)(=O)N1CC[C@@H](c2cccc(F)c2)C1. The second-order valence-corrected chi connectivity index (χ2v) is 6.14. The Balaban J connectivity index is 2.15. The van der Waals surface area contributed by atoms with Crippen LogP contribution >= 0.6 is 0 Å². The fourth-order valence-electron chi connectivity index (χ4n) is 2.06. The molecule has 0 aromatic heterocycles. The molecule has 1 aromatic carbocycles. The van der Waals surface area contributed by atoms with Gasteiger partial charge in [0.05, 0.1) is 6.26 Å². The summed E-state index contributed by atoms with van der Waals surface area (Å²) in [6, 6.07) is 6.39. The van der Waals surface area contributed by atoms with Crippen LogP contribution in [0.1, 0.15) is 17.9 Å². The molecular formula is C11H14FNO2S. The molecule has 1 atom stereocenters. The van der Waals surface area contributed by atoms with Crippen molar-refractivity contribution >= 4 is 10.0 Å². The van der Waals surface area contributed by atoms with Gasteiger partial charge in [0.1, 0.15) is 5.82 Å². The number of halogens is 1. The third-order valence-corrected chi connectivity index (χ3v) is 4.21. The molecule has 1 heterocycles. The van der Waals surface area contributed by atoms with E-state index in [2.05, 4.69) is 0 Å². The van der Waals surface area contributed by atoms with Gasteiger partial charge in [-0.2, -0.15) is 0 Å². The summed E-state index contributed by atoms with van der Waals surface area (Å²) in [7, 11) is -3.11. The predicted octanol–water partition coefficient (Wildman–Crippen LogP) is 1.57. The minimum absolute atomic E-state index is 0.116. The van der Waals surface area contributed by atoms with Gasteiger partial charge in [-0.3, -0.25) is 0 Å². The molecule has 0 unspecified atom stereocenters. The number of hydrogen-bond acceptors (Lipinski definition) is 2. The lowest BCUT2D eigenvalue weighted by atomic mass is 9.99. The first-order valence-electron chi connectivity index (χ1n) is 5.17. The van der Waals surface area contributed by atoms with Crippen LogP contribution < -0.4 is 0 Å². The highest BCUT2D eigenvalue weighted by Crippen LogP contribution is 2.28. The molecule has 1 aliphatic heterocycles. The van der Waals surface area contributed by atoms with Crippen molar-refractivity contribution in [3.63, 3.8) is 0 Å². The van der Waals surface area contributed by atoms with Crippen LogP contribution in [0.25, 0.3) is 0 Å². The first-order chi connectivity index (χ1) is 7.47. The smallest absolute Gasteiger partial charge is 0.211 e. The van der Waals surface area contributed by atoms with E-state index >= 15 is 0 Å². The summed E-state index contributed by atoms with van der Waals surface area (Å²) in [5.74, 6) is -0.152. The minimum Gasteiger partial charge on any atom is -0.213 e. The molecule has 16 heavy (non-hydrogen) atoms. The normalized spacial score (nSPS) is 22.5. The van der Waals surface area contributed by atoms with Crippen molar-refractivity contribution < 1.29 is 12.8 Å². The number of nitrogens with zero attached hydrogens (tertiary/aromatic N) is 1. The maximum Gasteiger partial charge on any atom is 0.211 e. The van der Waals surface area contributed by atoms with Crippen LogP contribution in [0.5, 0.6) is 0 Å². The number of sulfonamides is 1. The summed E-state index contributed by atoms with van der Waals surface area (Å²) < 4.78 is 37.1. The first kappa shape index (κ1) is 11.5. The Labute approximate surface area is 94.9 Å². The quantitative estimate of drug-likeness (QED) is 0.790. The van der Waals surface area contributed by atoms with Gasteiger partial charge in [0.25, 0.3) is 0 Å². The molecule has 0 saturated carbocycles. The standard InChI is InChI=1S/C11H14FNO2S/c1-16(14,15)13-6-5-10(8-13)9-3-2-4-11(12)7-9/h2-4,7,10H,5-6,8H2,1H3/t10-/m1/s1. The van der Waals surface area contributed by atoms with Crippen molar-refractivity contribution in [1.29, 1.82) is 0 Å². The third kappa shape index (κ3) is 2.41. The van der Waals surface area contributed by atoms with E-state index in [9.17, 15) is 12.8 Å². The monoisotopic (exact) mass is 243 g/mol. The summed E-state index contributed by atoms with van der Waals surface area (Å²) in [5, 5.41) is 0. The second kappa shape index (κ2) is 4.14. The van der Waals surface area contributed by atoms with E-state index in [0.717, 1.165) is 12.0 Å². The van der Waals surface area contributed by atoms with Gasteiger partial charge in [0.2, 0.25) is 10.0 Å². The van der Waals surface area contributed by atoms with Crippen LogP contribution in [0.2, 0.25) is 0 Å². The number of rotatable bonds is 2. The van der Waals surface area contributed by atoms with Crippen molar-refractivity contribution in [2.45, 2.75) is 12.3 Å². The maximum atomic E-state index is 13.0. The van der Waals surface area contributed by atoms with E-state index in [-0.39, 0.29) is 11.7 Å². The van der Waals surface area contributed by atoms with Crippen molar-refractivity contribution in [1.82, 2.24) is 4.31 Å². The van der Waals surface area contributed by atoms with Crippen LogP contribution in [0.4, 0.5) is 4.39 Å². The van der Waals surface area contributed by atoms with Gasteiger partial charge in [-0.1, -0.05) is 12.1 Å². The Hall–Kier alpha value is -0.940. The Bertz CT molecular complexity index is 487. The first-order valence-corrected chi connectivity index (χ1v) is 7.02. The van der Waals surface area contributed by atoms with Crippen molar-refractivity contribution in [3.8, 4) is 0 Å². The highest BCUT2D eigenvalue weighted by Gasteiger charge is 2.29. The molecule has 0 N–H and O–H groups in total. The van der Waals surface area contributed by atoms with Gasteiger partial charge in [-0.15, -0.1) is 0 Å². The van der Waals surface area contributed by atoms with Crippen LogP contribution in [-0.2, 0) is 10.0 Å². The Morgan fingerprint density at radius 1 is 1.44 bits per heavy atom. The lowest BCUT2D eigenvalue weighted by Crippen LogP contribution is -2.27. The van der Waals surface area contributed by atoms with Crippen LogP contribution in [-0.4, -0.2) is 32.1 Å². The van der Waals surface area contributed by atoms with Gasteiger partial charge in [-0.05, 0) is 30.0 Å². The number of hydrogen-bond donors (Lipinski definition) is 0. The highest BCUT2D eigenvalue weighted by atomic mass is 32.2.